The van der Waals surface area contributed by atoms with Gasteiger partial charge in [0, 0.05) is 17.0 Å². The van der Waals surface area contributed by atoms with Crippen LogP contribution in [0.4, 0.5) is 0 Å². The van der Waals surface area contributed by atoms with Crippen LogP contribution in [0.5, 0.6) is 11.5 Å². The number of benzene rings is 2. The largest absolute Gasteiger partial charge is 0.489 e. The number of carboxylic acid groups (broad SMARTS) is 1. The standard InChI is InChI=1S/C15H12Cl4O3.C2H4O2/c16-9-1-3-14(12(18)5-9)21-7-11(20)8-22-15-4-2-10(17)6-13(15)19;1-2(3)4/h1-6,11,20H,7-8H2;1H3,(H,3,4). The minimum atomic E-state index is -0.849. The number of aliphatic hydroxyl groups excluding tert-OH is 1. The van der Waals surface area contributed by atoms with E-state index >= 15 is 0 Å². The third-order valence-electron chi connectivity index (χ3n) is 2.65. The van der Waals surface area contributed by atoms with Gasteiger partial charge in [0.05, 0.1) is 10.0 Å². The normalized spacial score (nSPS) is 10.1. The van der Waals surface area contributed by atoms with E-state index in [1.807, 2.05) is 0 Å². The summed E-state index contributed by atoms with van der Waals surface area (Å²) >= 11 is 23.5. The Morgan fingerprint density at radius 1 is 0.923 bits per heavy atom. The van der Waals surface area contributed by atoms with Gasteiger partial charge in [0.25, 0.3) is 5.97 Å². The SMILES string of the molecule is CC(=O)O.OC(COc1ccc(Cl)cc1Cl)COc1ccc(Cl)cc1Cl. The molecule has 0 aliphatic rings. The molecule has 2 aromatic carbocycles. The summed E-state index contributed by atoms with van der Waals surface area (Å²) in [6.45, 7) is 1.12. The average molecular weight is 442 g/mol. The molecule has 9 heteroatoms. The van der Waals surface area contributed by atoms with Crippen molar-refractivity contribution < 1.29 is 24.5 Å². The first kappa shape index (κ1) is 22.7. The number of aliphatic carboxylic acids is 1. The number of carboxylic acids is 1. The van der Waals surface area contributed by atoms with Gasteiger partial charge in [0.15, 0.2) is 0 Å². The van der Waals surface area contributed by atoms with Crippen molar-refractivity contribution in [1.29, 1.82) is 0 Å². The molecule has 0 fully saturated rings. The molecule has 0 bridgehead atoms. The maximum Gasteiger partial charge on any atom is 0.300 e. The summed E-state index contributed by atoms with van der Waals surface area (Å²) in [6, 6.07) is 9.70. The molecular weight excluding hydrogens is 426 g/mol. The molecule has 0 saturated carbocycles. The van der Waals surface area contributed by atoms with E-state index in [1.54, 1.807) is 36.4 Å². The fraction of sp³-hybridized carbons (Fsp3) is 0.235. The van der Waals surface area contributed by atoms with Crippen LogP contribution < -0.4 is 9.47 Å². The predicted molar refractivity (Wildman–Crippen MR) is 103 cm³/mol. The Bertz CT molecular complexity index is 680. The van der Waals surface area contributed by atoms with Crippen LogP contribution in [0.15, 0.2) is 36.4 Å². The van der Waals surface area contributed by atoms with Crippen LogP contribution in [0.1, 0.15) is 6.92 Å². The second-order valence-corrected chi connectivity index (χ2v) is 6.63. The van der Waals surface area contributed by atoms with Crippen molar-refractivity contribution in [3.8, 4) is 11.5 Å². The second-order valence-electron chi connectivity index (χ2n) is 4.94. The second kappa shape index (κ2) is 11.4. The Labute approximate surface area is 171 Å². The van der Waals surface area contributed by atoms with Gasteiger partial charge in [0.2, 0.25) is 0 Å². The Morgan fingerprint density at radius 2 is 1.27 bits per heavy atom. The molecule has 0 spiro atoms. The fourth-order valence-electron chi connectivity index (χ4n) is 1.60. The van der Waals surface area contributed by atoms with Gasteiger partial charge in [-0.3, -0.25) is 4.79 Å². The van der Waals surface area contributed by atoms with E-state index < -0.39 is 12.1 Å². The molecule has 0 saturated heterocycles. The molecule has 2 rings (SSSR count). The van der Waals surface area contributed by atoms with Crippen molar-refractivity contribution in [2.24, 2.45) is 0 Å². The van der Waals surface area contributed by atoms with Gasteiger partial charge in [0.1, 0.15) is 30.8 Å². The lowest BCUT2D eigenvalue weighted by molar-refractivity contribution is -0.134. The minimum absolute atomic E-state index is 0.0204. The summed E-state index contributed by atoms with van der Waals surface area (Å²) in [6.07, 6.45) is -0.849. The van der Waals surface area contributed by atoms with E-state index in [0.717, 1.165) is 6.92 Å². The molecule has 0 unspecified atom stereocenters. The molecule has 0 aliphatic heterocycles. The van der Waals surface area contributed by atoms with Crippen LogP contribution >= 0.6 is 46.4 Å². The van der Waals surface area contributed by atoms with E-state index in [0.29, 0.717) is 31.6 Å². The van der Waals surface area contributed by atoms with Crippen molar-refractivity contribution in [2.75, 3.05) is 13.2 Å². The average Bonchev–Trinajstić information content (AvgIpc) is 2.52. The molecular formula is C17H16Cl4O5. The molecule has 26 heavy (non-hydrogen) atoms. The summed E-state index contributed by atoms with van der Waals surface area (Å²) in [5, 5.41) is 19.1. The van der Waals surface area contributed by atoms with E-state index in [9.17, 15) is 5.11 Å². The van der Waals surface area contributed by atoms with Crippen molar-refractivity contribution in [3.63, 3.8) is 0 Å². The first-order valence-corrected chi connectivity index (χ1v) is 8.73. The van der Waals surface area contributed by atoms with Crippen LogP contribution in [0.2, 0.25) is 20.1 Å². The Hall–Kier alpha value is -1.37. The monoisotopic (exact) mass is 440 g/mol. The summed E-state index contributed by atoms with van der Waals surface area (Å²) in [5.74, 6) is 0.0456. The Morgan fingerprint density at radius 3 is 1.58 bits per heavy atom. The first-order valence-electron chi connectivity index (χ1n) is 7.22. The number of carbonyl (C=O) groups is 1. The zero-order chi connectivity index (χ0) is 19.7. The quantitative estimate of drug-likeness (QED) is 0.643. The summed E-state index contributed by atoms with van der Waals surface area (Å²) < 4.78 is 10.8. The van der Waals surface area contributed by atoms with Gasteiger partial charge < -0.3 is 19.7 Å². The van der Waals surface area contributed by atoms with E-state index in [-0.39, 0.29) is 13.2 Å². The lowest BCUT2D eigenvalue weighted by atomic mass is 10.3. The zero-order valence-corrected chi connectivity index (χ0v) is 16.6. The van der Waals surface area contributed by atoms with Crippen molar-refractivity contribution in [2.45, 2.75) is 13.0 Å². The van der Waals surface area contributed by atoms with Gasteiger partial charge >= 0.3 is 0 Å². The molecule has 5 nitrogen and oxygen atoms in total. The van der Waals surface area contributed by atoms with Crippen LogP contribution in [-0.2, 0) is 4.79 Å². The molecule has 2 N–H and O–H groups in total. The van der Waals surface area contributed by atoms with Gasteiger partial charge in [-0.2, -0.15) is 0 Å². The molecule has 0 aliphatic carbocycles. The van der Waals surface area contributed by atoms with Gasteiger partial charge in [-0.25, -0.2) is 0 Å². The Balaban J connectivity index is 0.000000765. The highest BCUT2D eigenvalue weighted by Gasteiger charge is 2.10. The molecule has 142 valence electrons. The summed E-state index contributed by atoms with van der Waals surface area (Å²) in [4.78, 5) is 9.00. The van der Waals surface area contributed by atoms with Crippen LogP contribution in [0.3, 0.4) is 0 Å². The number of hydrogen-bond acceptors (Lipinski definition) is 4. The third-order valence-corrected chi connectivity index (χ3v) is 3.71. The van der Waals surface area contributed by atoms with E-state index in [4.69, 9.17) is 65.8 Å². The third kappa shape index (κ3) is 8.83. The van der Waals surface area contributed by atoms with Crippen LogP contribution in [0, 0.1) is 0 Å². The number of ether oxygens (including phenoxy) is 2. The van der Waals surface area contributed by atoms with Crippen LogP contribution in [0.25, 0.3) is 0 Å². The molecule has 0 radical (unpaired) electrons. The molecule has 0 amide bonds. The molecule has 2 aromatic rings. The van der Waals surface area contributed by atoms with Crippen LogP contribution in [-0.4, -0.2) is 35.5 Å². The maximum absolute atomic E-state index is 9.87. The lowest BCUT2D eigenvalue weighted by Gasteiger charge is -2.15. The minimum Gasteiger partial charge on any atom is -0.489 e. The van der Waals surface area contributed by atoms with E-state index in [1.165, 1.54) is 0 Å². The zero-order valence-electron chi connectivity index (χ0n) is 13.6. The van der Waals surface area contributed by atoms with Crippen molar-refractivity contribution in [3.05, 3.63) is 56.5 Å². The maximum atomic E-state index is 9.87. The highest BCUT2D eigenvalue weighted by Crippen LogP contribution is 2.28. The number of aliphatic hydroxyl groups is 1. The smallest absolute Gasteiger partial charge is 0.300 e. The Kier molecular flexibility index (Phi) is 9.91. The predicted octanol–water partition coefficient (Wildman–Crippen LogP) is 5.21. The molecule has 0 heterocycles. The topological polar surface area (TPSA) is 76.0 Å². The number of hydrogen-bond donors (Lipinski definition) is 2. The van der Waals surface area contributed by atoms with Gasteiger partial charge in [-0.1, -0.05) is 46.4 Å². The van der Waals surface area contributed by atoms with Gasteiger partial charge in [-0.15, -0.1) is 0 Å². The fourth-order valence-corrected chi connectivity index (χ4v) is 2.53. The summed E-state index contributed by atoms with van der Waals surface area (Å²) in [5.41, 5.74) is 0. The van der Waals surface area contributed by atoms with Crippen molar-refractivity contribution >= 4 is 52.4 Å². The summed E-state index contributed by atoms with van der Waals surface area (Å²) in [7, 11) is 0. The number of halogens is 4. The molecule has 0 atom stereocenters. The number of rotatable bonds is 6. The highest BCUT2D eigenvalue weighted by molar-refractivity contribution is 6.36. The lowest BCUT2D eigenvalue weighted by Crippen LogP contribution is -2.25. The first-order chi connectivity index (χ1) is 12.2. The van der Waals surface area contributed by atoms with Crippen molar-refractivity contribution in [1.82, 2.24) is 0 Å². The van der Waals surface area contributed by atoms with Gasteiger partial charge in [-0.05, 0) is 36.4 Å². The van der Waals surface area contributed by atoms with E-state index in [2.05, 4.69) is 0 Å². The highest BCUT2D eigenvalue weighted by atomic mass is 35.5. The molecule has 0 aromatic heterocycles.